The van der Waals surface area contributed by atoms with Crippen LogP contribution in [-0.4, -0.2) is 46.0 Å². The Morgan fingerprint density at radius 2 is 2.08 bits per heavy atom. The Morgan fingerprint density at radius 3 is 2.67 bits per heavy atom. The molecule has 1 fully saturated rings. The third kappa shape index (κ3) is 4.00. The Kier molecular flexibility index (Phi) is 5.71. The van der Waals surface area contributed by atoms with Crippen molar-refractivity contribution in [1.29, 1.82) is 0 Å². The van der Waals surface area contributed by atoms with Crippen LogP contribution in [0, 0.1) is 5.92 Å². The molecular weight excluding hydrogens is 314 g/mol. The Hall–Kier alpha value is -2.22. The fourth-order valence-corrected chi connectivity index (χ4v) is 2.84. The van der Waals surface area contributed by atoms with Crippen molar-refractivity contribution in [3.05, 3.63) is 28.2 Å². The summed E-state index contributed by atoms with van der Waals surface area (Å²) < 4.78 is 6.04. The molecule has 1 amide bonds. The van der Waals surface area contributed by atoms with Gasteiger partial charge in [0.25, 0.3) is 11.5 Å². The van der Waals surface area contributed by atoms with Crippen LogP contribution in [0.5, 0.6) is 0 Å². The molecule has 0 bridgehead atoms. The molecule has 132 valence electrons. The van der Waals surface area contributed by atoms with Crippen molar-refractivity contribution in [2.45, 2.75) is 44.7 Å². The average Bonchev–Trinajstić information content (AvgIpc) is 2.56. The minimum Gasteiger partial charge on any atom is -0.480 e. The smallest absolute Gasteiger partial charge is 0.329 e. The van der Waals surface area contributed by atoms with E-state index in [4.69, 9.17) is 4.74 Å². The van der Waals surface area contributed by atoms with Crippen molar-refractivity contribution in [1.82, 2.24) is 15.1 Å². The monoisotopic (exact) mass is 337 g/mol. The lowest BCUT2D eigenvalue weighted by Gasteiger charge is -2.36. The normalized spacial score (nSPS) is 23.7. The Bertz CT molecular complexity index is 662. The van der Waals surface area contributed by atoms with Crippen LogP contribution in [0.15, 0.2) is 16.9 Å². The zero-order valence-corrected chi connectivity index (χ0v) is 13.9. The van der Waals surface area contributed by atoms with E-state index in [1.165, 1.54) is 19.2 Å². The lowest BCUT2D eigenvalue weighted by Crippen LogP contribution is -2.56. The molecule has 8 heteroatoms. The zero-order valence-electron chi connectivity index (χ0n) is 13.9. The first-order valence-corrected chi connectivity index (χ1v) is 8.01. The van der Waals surface area contributed by atoms with E-state index in [9.17, 15) is 19.5 Å². The fraction of sp³-hybridized carbons (Fsp3) is 0.625. The second-order valence-corrected chi connectivity index (χ2v) is 6.30. The summed E-state index contributed by atoms with van der Waals surface area (Å²) in [5, 5.41) is 16.2. The van der Waals surface area contributed by atoms with Crippen LogP contribution in [0.2, 0.25) is 0 Å². The van der Waals surface area contributed by atoms with Gasteiger partial charge in [-0.2, -0.15) is 5.10 Å². The van der Waals surface area contributed by atoms with Gasteiger partial charge in [-0.15, -0.1) is 0 Å². The number of carbonyl (C=O) groups excluding carboxylic acids is 1. The van der Waals surface area contributed by atoms with Gasteiger partial charge in [0.15, 0.2) is 0 Å². The second-order valence-electron chi connectivity index (χ2n) is 6.30. The molecule has 0 radical (unpaired) electrons. The summed E-state index contributed by atoms with van der Waals surface area (Å²) >= 11 is 0. The van der Waals surface area contributed by atoms with Crippen LogP contribution in [-0.2, 0) is 16.1 Å². The van der Waals surface area contributed by atoms with Gasteiger partial charge < -0.3 is 15.2 Å². The maximum Gasteiger partial charge on any atom is 0.329 e. The molecule has 8 nitrogen and oxygen atoms in total. The van der Waals surface area contributed by atoms with Crippen LogP contribution in [0.25, 0.3) is 0 Å². The van der Waals surface area contributed by atoms with E-state index in [0.29, 0.717) is 18.8 Å². The van der Waals surface area contributed by atoms with E-state index in [-0.39, 0.29) is 24.4 Å². The number of rotatable bonds is 6. The van der Waals surface area contributed by atoms with Gasteiger partial charge in [0.05, 0.1) is 13.2 Å². The number of aromatic nitrogens is 2. The van der Waals surface area contributed by atoms with Gasteiger partial charge in [-0.3, -0.25) is 9.59 Å². The number of methoxy groups -OCH3 is 1. The largest absolute Gasteiger partial charge is 0.480 e. The zero-order chi connectivity index (χ0) is 17.7. The van der Waals surface area contributed by atoms with Gasteiger partial charge >= 0.3 is 5.97 Å². The molecule has 0 spiro atoms. The number of aliphatic carboxylic acids is 1. The highest BCUT2D eigenvalue weighted by molar-refractivity contribution is 5.96. The third-order valence-corrected chi connectivity index (χ3v) is 4.50. The van der Waals surface area contributed by atoms with Crippen LogP contribution in [0.3, 0.4) is 0 Å². The number of carboxylic acids is 1. The van der Waals surface area contributed by atoms with Gasteiger partial charge in [0.1, 0.15) is 11.2 Å². The van der Waals surface area contributed by atoms with E-state index in [1.54, 1.807) is 0 Å². The molecule has 1 aliphatic rings. The SMILES string of the molecule is COCCn1nc(C(=O)NC2(C(=O)O)CCC(C)CC2)ccc1=O. The molecule has 1 aliphatic carbocycles. The van der Waals surface area contributed by atoms with E-state index in [2.05, 4.69) is 17.3 Å². The number of hydrogen-bond acceptors (Lipinski definition) is 5. The predicted octanol–water partition coefficient (Wildman–Crippen LogP) is 0.653. The molecule has 1 aromatic heterocycles. The number of nitrogens with one attached hydrogen (secondary N) is 1. The molecule has 0 atom stereocenters. The molecule has 0 saturated heterocycles. The summed E-state index contributed by atoms with van der Waals surface area (Å²) in [5.74, 6) is -1.17. The lowest BCUT2D eigenvalue weighted by molar-refractivity contribution is -0.146. The molecule has 0 unspecified atom stereocenters. The average molecular weight is 337 g/mol. The molecule has 24 heavy (non-hydrogen) atoms. The number of ether oxygens (including phenoxy) is 1. The minimum atomic E-state index is -1.27. The van der Waals surface area contributed by atoms with Gasteiger partial charge in [-0.05, 0) is 37.7 Å². The number of amides is 1. The Morgan fingerprint density at radius 1 is 1.42 bits per heavy atom. The summed E-state index contributed by atoms with van der Waals surface area (Å²) in [5.41, 5.74) is -1.59. The molecule has 0 aromatic carbocycles. The first-order chi connectivity index (χ1) is 11.4. The highest BCUT2D eigenvalue weighted by Gasteiger charge is 2.42. The van der Waals surface area contributed by atoms with Crippen molar-refractivity contribution in [3.63, 3.8) is 0 Å². The summed E-state index contributed by atoms with van der Waals surface area (Å²) in [7, 11) is 1.50. The molecule has 1 heterocycles. The topological polar surface area (TPSA) is 111 Å². The first-order valence-electron chi connectivity index (χ1n) is 8.01. The number of carboxylic acid groups (broad SMARTS) is 1. The summed E-state index contributed by atoms with van der Waals surface area (Å²) in [6.45, 7) is 2.58. The van der Waals surface area contributed by atoms with Crippen molar-refractivity contribution < 1.29 is 19.4 Å². The number of hydrogen-bond donors (Lipinski definition) is 2. The van der Waals surface area contributed by atoms with Gasteiger partial charge in [-0.1, -0.05) is 6.92 Å². The van der Waals surface area contributed by atoms with Crippen LogP contribution >= 0.6 is 0 Å². The molecule has 1 saturated carbocycles. The van der Waals surface area contributed by atoms with Crippen LogP contribution in [0.4, 0.5) is 0 Å². The van der Waals surface area contributed by atoms with Gasteiger partial charge in [-0.25, -0.2) is 9.48 Å². The quantitative estimate of drug-likeness (QED) is 0.789. The number of nitrogens with zero attached hydrogens (tertiary/aromatic N) is 2. The molecular formula is C16H23N3O5. The summed E-state index contributed by atoms with van der Waals surface area (Å²) in [6, 6.07) is 2.55. The number of carbonyl (C=O) groups is 2. The van der Waals surface area contributed by atoms with E-state index >= 15 is 0 Å². The Balaban J connectivity index is 2.18. The Labute approximate surface area is 139 Å². The second kappa shape index (κ2) is 7.57. The van der Waals surface area contributed by atoms with Crippen molar-refractivity contribution >= 4 is 11.9 Å². The molecule has 2 N–H and O–H groups in total. The van der Waals surface area contributed by atoms with Crippen LogP contribution in [0.1, 0.15) is 43.1 Å². The minimum absolute atomic E-state index is 0.0185. The highest BCUT2D eigenvalue weighted by atomic mass is 16.5. The van der Waals surface area contributed by atoms with Crippen molar-refractivity contribution in [3.8, 4) is 0 Å². The summed E-state index contributed by atoms with van der Waals surface area (Å²) in [4.78, 5) is 35.9. The molecule has 2 rings (SSSR count). The van der Waals surface area contributed by atoms with Crippen molar-refractivity contribution in [2.24, 2.45) is 5.92 Å². The third-order valence-electron chi connectivity index (χ3n) is 4.50. The predicted molar refractivity (Wildman–Crippen MR) is 85.8 cm³/mol. The summed E-state index contributed by atoms with van der Waals surface area (Å²) in [6.07, 6.45) is 2.26. The molecule has 0 aliphatic heterocycles. The fourth-order valence-electron chi connectivity index (χ4n) is 2.84. The standard InChI is InChI=1S/C16H23N3O5/c1-11-5-7-16(8-6-11,15(22)23)17-14(21)12-3-4-13(20)19(18-12)9-10-24-2/h3-4,11H,5-10H2,1-2H3,(H,17,21)(H,22,23). The van der Waals surface area contributed by atoms with Crippen LogP contribution < -0.4 is 10.9 Å². The maximum atomic E-state index is 12.5. The van der Waals surface area contributed by atoms with E-state index < -0.39 is 17.4 Å². The van der Waals surface area contributed by atoms with Gasteiger partial charge in [0, 0.05) is 13.2 Å². The van der Waals surface area contributed by atoms with Crippen molar-refractivity contribution in [2.75, 3.05) is 13.7 Å². The van der Waals surface area contributed by atoms with E-state index in [1.807, 2.05) is 0 Å². The first kappa shape index (κ1) is 18.1. The lowest BCUT2D eigenvalue weighted by atomic mass is 9.77. The van der Waals surface area contributed by atoms with E-state index in [0.717, 1.165) is 17.5 Å². The maximum absolute atomic E-state index is 12.5. The van der Waals surface area contributed by atoms with Gasteiger partial charge in [0.2, 0.25) is 0 Å². The highest BCUT2D eigenvalue weighted by Crippen LogP contribution is 2.32. The molecule has 1 aromatic rings.